The zero-order chi connectivity index (χ0) is 17.6. The molecule has 2 aromatic heterocycles. The molecule has 6 nitrogen and oxygen atoms in total. The maximum absolute atomic E-state index is 13.3. The number of benzene rings is 1. The van der Waals surface area contributed by atoms with Crippen LogP contribution in [0, 0.1) is 5.92 Å². The zero-order valence-electron chi connectivity index (χ0n) is 14.2. The van der Waals surface area contributed by atoms with Gasteiger partial charge < -0.3 is 4.74 Å². The molecule has 1 aliphatic heterocycles. The van der Waals surface area contributed by atoms with Crippen molar-refractivity contribution in [1.82, 2.24) is 9.55 Å². The molecular formula is C18H20N4O2S. The highest BCUT2D eigenvalue weighted by atomic mass is 32.1. The lowest BCUT2D eigenvalue weighted by molar-refractivity contribution is 0.00200. The summed E-state index contributed by atoms with van der Waals surface area (Å²) in [6, 6.07) is 9.42. The van der Waals surface area contributed by atoms with Crippen molar-refractivity contribution in [1.29, 1.82) is 0 Å². The molecule has 3 heterocycles. The number of hydrogen-bond donors (Lipinski definition) is 2. The fourth-order valence-electron chi connectivity index (χ4n) is 3.27. The van der Waals surface area contributed by atoms with Gasteiger partial charge >= 0.3 is 0 Å². The van der Waals surface area contributed by atoms with Gasteiger partial charge in [0.15, 0.2) is 0 Å². The third-order valence-corrected chi connectivity index (χ3v) is 5.73. The van der Waals surface area contributed by atoms with Crippen LogP contribution in [0.2, 0.25) is 0 Å². The topological polar surface area (TPSA) is 82.2 Å². The lowest BCUT2D eigenvalue weighted by Crippen LogP contribution is -2.29. The number of thiophene rings is 1. The first-order valence-corrected chi connectivity index (χ1v) is 9.12. The fraction of sp³-hybridized carbons (Fsp3) is 0.333. The second-order valence-electron chi connectivity index (χ2n) is 6.54. The van der Waals surface area contributed by atoms with Gasteiger partial charge in [-0.3, -0.25) is 10.2 Å². The summed E-state index contributed by atoms with van der Waals surface area (Å²) in [6.07, 6.45) is 0.871. The first kappa shape index (κ1) is 16.3. The highest BCUT2D eigenvalue weighted by Gasteiger charge is 2.28. The number of aromatic nitrogens is 2. The van der Waals surface area contributed by atoms with E-state index < -0.39 is 0 Å². The first-order chi connectivity index (χ1) is 12.1. The smallest absolute Gasteiger partial charge is 0.268 e. The Labute approximate surface area is 149 Å². The minimum absolute atomic E-state index is 0.0916. The van der Waals surface area contributed by atoms with Crippen molar-refractivity contribution in [2.24, 2.45) is 11.8 Å². The van der Waals surface area contributed by atoms with Crippen LogP contribution in [0.1, 0.15) is 24.3 Å². The Hall–Kier alpha value is -2.22. The van der Waals surface area contributed by atoms with E-state index in [0.29, 0.717) is 28.7 Å². The Balaban J connectivity index is 1.98. The van der Waals surface area contributed by atoms with Crippen LogP contribution >= 0.6 is 11.3 Å². The molecule has 7 heteroatoms. The summed E-state index contributed by atoms with van der Waals surface area (Å²) in [6.45, 7) is 4.82. The van der Waals surface area contributed by atoms with Gasteiger partial charge in [0.05, 0.1) is 23.8 Å². The first-order valence-electron chi connectivity index (χ1n) is 8.31. The number of rotatable bonds is 3. The van der Waals surface area contributed by atoms with Crippen LogP contribution in [0.15, 0.2) is 35.1 Å². The van der Waals surface area contributed by atoms with Crippen molar-refractivity contribution in [3.63, 3.8) is 0 Å². The summed E-state index contributed by atoms with van der Waals surface area (Å²) in [7, 11) is 0. The van der Waals surface area contributed by atoms with Gasteiger partial charge in [-0.1, -0.05) is 32.0 Å². The molecule has 0 unspecified atom stereocenters. The average molecular weight is 356 g/mol. The molecule has 0 saturated carbocycles. The van der Waals surface area contributed by atoms with Crippen molar-refractivity contribution >= 4 is 27.5 Å². The molecule has 0 bridgehead atoms. The average Bonchev–Trinajstić information content (AvgIpc) is 2.99. The van der Waals surface area contributed by atoms with E-state index in [-0.39, 0.29) is 11.7 Å². The molecule has 0 radical (unpaired) electrons. The minimum atomic E-state index is -0.0916. The molecule has 0 aliphatic carbocycles. The van der Waals surface area contributed by atoms with Crippen LogP contribution in [0.25, 0.3) is 15.9 Å². The summed E-state index contributed by atoms with van der Waals surface area (Å²) in [5, 5.41) is 0.691. The van der Waals surface area contributed by atoms with Gasteiger partial charge in [0.25, 0.3) is 5.56 Å². The molecule has 1 aromatic carbocycles. The molecule has 3 aromatic rings. The second-order valence-corrected chi connectivity index (χ2v) is 7.62. The third-order valence-electron chi connectivity index (χ3n) is 4.63. The maximum atomic E-state index is 13.3. The van der Waals surface area contributed by atoms with Crippen LogP contribution in [-0.2, 0) is 17.8 Å². The van der Waals surface area contributed by atoms with Crippen molar-refractivity contribution in [3.8, 4) is 5.69 Å². The van der Waals surface area contributed by atoms with E-state index in [4.69, 9.17) is 10.6 Å². The number of hydrazine groups is 1. The van der Waals surface area contributed by atoms with Crippen molar-refractivity contribution in [2.45, 2.75) is 33.0 Å². The van der Waals surface area contributed by atoms with Gasteiger partial charge in [0.1, 0.15) is 4.83 Å². The molecule has 1 atom stereocenters. The normalized spacial score (nSPS) is 17.0. The van der Waals surface area contributed by atoms with Crippen LogP contribution in [0.3, 0.4) is 0 Å². The highest BCUT2D eigenvalue weighted by Crippen LogP contribution is 2.35. The predicted octanol–water partition coefficient (Wildman–Crippen LogP) is 2.83. The summed E-state index contributed by atoms with van der Waals surface area (Å²) in [4.78, 5) is 19.7. The monoisotopic (exact) mass is 356 g/mol. The van der Waals surface area contributed by atoms with Crippen molar-refractivity contribution in [3.05, 3.63) is 51.1 Å². The van der Waals surface area contributed by atoms with E-state index in [0.717, 1.165) is 22.5 Å². The minimum Gasteiger partial charge on any atom is -0.372 e. The van der Waals surface area contributed by atoms with E-state index in [9.17, 15) is 4.79 Å². The van der Waals surface area contributed by atoms with Crippen LogP contribution in [0.4, 0.5) is 5.95 Å². The van der Waals surface area contributed by atoms with Gasteiger partial charge in [-0.25, -0.2) is 15.4 Å². The van der Waals surface area contributed by atoms with Crippen LogP contribution < -0.4 is 16.8 Å². The lowest BCUT2D eigenvalue weighted by Gasteiger charge is -2.26. The molecule has 25 heavy (non-hydrogen) atoms. The quantitative estimate of drug-likeness (QED) is 0.557. The molecule has 0 fully saturated rings. The molecule has 0 spiro atoms. The van der Waals surface area contributed by atoms with E-state index >= 15 is 0 Å². The standard InChI is InChI=1S/C18H20N4O2S/c1-10(2)13-8-12-14(9-24-13)25-16-15(12)17(23)22(18(20-16)21-19)11-6-4-3-5-7-11/h3-7,10,13H,8-9,19H2,1-2H3,(H,20,21)/t13-/m1/s1. The molecule has 0 amide bonds. The van der Waals surface area contributed by atoms with Crippen molar-refractivity contribution in [2.75, 3.05) is 5.43 Å². The van der Waals surface area contributed by atoms with Gasteiger partial charge in [-0.2, -0.15) is 0 Å². The van der Waals surface area contributed by atoms with Crippen molar-refractivity contribution < 1.29 is 4.74 Å². The number of anilines is 1. The Morgan fingerprint density at radius 2 is 2.12 bits per heavy atom. The van der Waals surface area contributed by atoms with Gasteiger partial charge in [0.2, 0.25) is 5.95 Å². The summed E-state index contributed by atoms with van der Waals surface area (Å²) < 4.78 is 7.48. The Morgan fingerprint density at radius 1 is 1.36 bits per heavy atom. The van der Waals surface area contributed by atoms with Crippen LogP contribution in [-0.4, -0.2) is 15.7 Å². The van der Waals surface area contributed by atoms with E-state index in [1.54, 1.807) is 0 Å². The molecule has 3 N–H and O–H groups in total. The number of nitrogen functional groups attached to an aromatic ring is 1. The molecule has 130 valence electrons. The summed E-state index contributed by atoms with van der Waals surface area (Å²) >= 11 is 1.52. The number of nitrogens with one attached hydrogen (secondary N) is 1. The van der Waals surface area contributed by atoms with Crippen LogP contribution in [0.5, 0.6) is 0 Å². The second kappa shape index (κ2) is 6.25. The number of nitrogens with two attached hydrogens (primary N) is 1. The van der Waals surface area contributed by atoms with Gasteiger partial charge in [-0.05, 0) is 23.6 Å². The Kier molecular flexibility index (Phi) is 4.07. The number of para-hydroxylation sites is 1. The van der Waals surface area contributed by atoms with E-state index in [1.165, 1.54) is 15.9 Å². The lowest BCUT2D eigenvalue weighted by atomic mass is 9.96. The van der Waals surface area contributed by atoms with E-state index in [1.807, 2.05) is 30.3 Å². The number of nitrogens with zero attached hydrogens (tertiary/aromatic N) is 2. The SMILES string of the molecule is CC(C)[C@H]1Cc2c(sc3nc(NN)n(-c4ccccc4)c(=O)c23)CO1. The summed E-state index contributed by atoms with van der Waals surface area (Å²) in [5.41, 5.74) is 4.29. The molecule has 4 rings (SSSR count). The van der Waals surface area contributed by atoms with Gasteiger partial charge in [-0.15, -0.1) is 11.3 Å². The zero-order valence-corrected chi connectivity index (χ0v) is 15.0. The Morgan fingerprint density at radius 3 is 2.80 bits per heavy atom. The largest absolute Gasteiger partial charge is 0.372 e. The Bertz CT molecular complexity index is 978. The number of hydrogen-bond acceptors (Lipinski definition) is 6. The fourth-order valence-corrected chi connectivity index (χ4v) is 4.38. The third kappa shape index (κ3) is 2.64. The van der Waals surface area contributed by atoms with Gasteiger partial charge in [0, 0.05) is 11.3 Å². The maximum Gasteiger partial charge on any atom is 0.268 e. The van der Waals surface area contributed by atoms with E-state index in [2.05, 4.69) is 24.3 Å². The molecule has 1 aliphatic rings. The predicted molar refractivity (Wildman–Crippen MR) is 100 cm³/mol. The molecular weight excluding hydrogens is 336 g/mol. The highest BCUT2D eigenvalue weighted by molar-refractivity contribution is 7.18. The number of ether oxygens (including phenoxy) is 1. The molecule has 0 saturated heterocycles. The number of fused-ring (bicyclic) bond motifs is 3. The summed E-state index contributed by atoms with van der Waals surface area (Å²) in [5.74, 6) is 6.38.